The van der Waals surface area contributed by atoms with Crippen molar-refractivity contribution < 1.29 is 4.79 Å². The number of hydrogen-bond donors (Lipinski definition) is 0. The highest BCUT2D eigenvalue weighted by Gasteiger charge is 2.26. The van der Waals surface area contributed by atoms with Gasteiger partial charge in [0.2, 0.25) is 5.91 Å². The number of hydrogen-bond acceptors (Lipinski definition) is 5. The van der Waals surface area contributed by atoms with Crippen LogP contribution >= 0.6 is 23.1 Å². The molecule has 1 fully saturated rings. The molecular weight excluding hydrogens is 352 g/mol. The van der Waals surface area contributed by atoms with Crippen LogP contribution in [0.1, 0.15) is 55.8 Å². The van der Waals surface area contributed by atoms with Crippen LogP contribution in [0.25, 0.3) is 0 Å². The fourth-order valence-electron chi connectivity index (χ4n) is 3.36. The lowest BCUT2D eigenvalue weighted by molar-refractivity contribution is -0.127. The number of rotatable bonds is 6. The van der Waals surface area contributed by atoms with Crippen molar-refractivity contribution in [2.45, 2.75) is 61.9 Å². The molecule has 0 bridgehead atoms. The van der Waals surface area contributed by atoms with Gasteiger partial charge in [0.25, 0.3) is 0 Å². The lowest BCUT2D eigenvalue weighted by Crippen LogP contribution is -2.30. The van der Waals surface area contributed by atoms with Crippen molar-refractivity contribution >= 4 is 29.0 Å². The molecule has 136 valence electrons. The van der Waals surface area contributed by atoms with Gasteiger partial charge < -0.3 is 9.47 Å². The number of nitrogens with zero attached hydrogens (tertiary/aromatic N) is 4. The summed E-state index contributed by atoms with van der Waals surface area (Å²) < 4.78 is 2.32. The van der Waals surface area contributed by atoms with Gasteiger partial charge in [-0.1, -0.05) is 37.1 Å². The molecule has 1 saturated carbocycles. The van der Waals surface area contributed by atoms with Crippen LogP contribution in [-0.2, 0) is 11.2 Å². The largest absolute Gasteiger partial charge is 0.348 e. The van der Waals surface area contributed by atoms with E-state index >= 15 is 0 Å². The van der Waals surface area contributed by atoms with Gasteiger partial charge >= 0.3 is 0 Å². The molecule has 2 heterocycles. The third-order valence-corrected chi connectivity index (χ3v) is 6.58. The molecule has 1 amide bonds. The number of amides is 1. The molecule has 1 unspecified atom stereocenters. The third-order valence-electron chi connectivity index (χ3n) is 4.66. The molecule has 0 N–H and O–H groups in total. The average Bonchev–Trinajstić information content (AvgIpc) is 3.25. The Morgan fingerprint density at radius 2 is 2.12 bits per heavy atom. The molecule has 25 heavy (non-hydrogen) atoms. The van der Waals surface area contributed by atoms with Crippen molar-refractivity contribution in [2.75, 3.05) is 14.1 Å². The molecule has 0 saturated heterocycles. The van der Waals surface area contributed by atoms with Gasteiger partial charge in [0.15, 0.2) is 5.16 Å². The van der Waals surface area contributed by atoms with Crippen LogP contribution in [0.2, 0.25) is 0 Å². The molecule has 1 aliphatic carbocycles. The van der Waals surface area contributed by atoms with Crippen molar-refractivity contribution in [3.05, 3.63) is 28.2 Å². The minimum Gasteiger partial charge on any atom is -0.348 e. The van der Waals surface area contributed by atoms with Crippen molar-refractivity contribution in [1.29, 1.82) is 0 Å². The summed E-state index contributed by atoms with van der Waals surface area (Å²) in [4.78, 5) is 15.2. The van der Waals surface area contributed by atoms with Crippen molar-refractivity contribution in [2.24, 2.45) is 0 Å². The Bertz CT molecular complexity index is 690. The van der Waals surface area contributed by atoms with E-state index in [0.29, 0.717) is 6.04 Å². The molecular formula is C18H26N4OS2. The quantitative estimate of drug-likeness (QED) is 0.713. The van der Waals surface area contributed by atoms with Crippen LogP contribution in [0.5, 0.6) is 0 Å². The van der Waals surface area contributed by atoms with Gasteiger partial charge in [0, 0.05) is 31.4 Å². The second-order valence-electron chi connectivity index (χ2n) is 6.81. The van der Waals surface area contributed by atoms with E-state index in [2.05, 4.69) is 32.3 Å². The predicted molar refractivity (Wildman–Crippen MR) is 103 cm³/mol. The summed E-state index contributed by atoms with van der Waals surface area (Å²) in [5.74, 6) is 1.14. The molecule has 1 atom stereocenters. The second-order valence-corrected chi connectivity index (χ2v) is 9.15. The fraction of sp³-hybridized carbons (Fsp3) is 0.611. The number of carbonyl (C=O) groups excluding carboxylic acids is 1. The van der Waals surface area contributed by atoms with Gasteiger partial charge in [-0.15, -0.1) is 21.5 Å². The van der Waals surface area contributed by atoms with Crippen LogP contribution in [0.15, 0.2) is 22.7 Å². The molecule has 0 spiro atoms. The second kappa shape index (κ2) is 8.36. The van der Waals surface area contributed by atoms with E-state index in [1.165, 1.54) is 48.7 Å². The molecule has 0 aliphatic heterocycles. The highest BCUT2D eigenvalue weighted by molar-refractivity contribution is 8.00. The Labute approximate surface area is 157 Å². The van der Waals surface area contributed by atoms with Crippen molar-refractivity contribution in [3.63, 3.8) is 0 Å². The van der Waals surface area contributed by atoms with Crippen LogP contribution in [0.4, 0.5) is 0 Å². The first-order chi connectivity index (χ1) is 12.1. The van der Waals surface area contributed by atoms with Gasteiger partial charge in [-0.25, -0.2) is 0 Å². The Kier molecular flexibility index (Phi) is 6.17. The molecule has 2 aromatic heterocycles. The maximum atomic E-state index is 12.2. The molecule has 3 rings (SSSR count). The van der Waals surface area contributed by atoms with E-state index in [9.17, 15) is 4.79 Å². The van der Waals surface area contributed by atoms with E-state index < -0.39 is 0 Å². The Balaban J connectivity index is 1.86. The normalized spacial score (nSPS) is 16.8. The minimum absolute atomic E-state index is 0.114. The van der Waals surface area contributed by atoms with E-state index in [1.807, 2.05) is 6.92 Å². The summed E-state index contributed by atoms with van der Waals surface area (Å²) in [5, 5.41) is 11.8. The van der Waals surface area contributed by atoms with Crippen LogP contribution in [0.3, 0.4) is 0 Å². The summed E-state index contributed by atoms with van der Waals surface area (Å²) in [6.45, 7) is 1.95. The molecule has 0 aromatic carbocycles. The van der Waals surface area contributed by atoms with Crippen LogP contribution in [0, 0.1) is 0 Å². The van der Waals surface area contributed by atoms with Gasteiger partial charge in [0.1, 0.15) is 5.82 Å². The molecule has 1 aliphatic rings. The number of thiophene rings is 1. The summed E-state index contributed by atoms with van der Waals surface area (Å²) in [5.41, 5.74) is 0. The van der Waals surface area contributed by atoms with Crippen LogP contribution < -0.4 is 0 Å². The molecule has 7 heteroatoms. The Hall–Kier alpha value is -1.34. The summed E-state index contributed by atoms with van der Waals surface area (Å²) in [6.07, 6.45) is 7.02. The van der Waals surface area contributed by atoms with Crippen molar-refractivity contribution in [3.8, 4) is 0 Å². The van der Waals surface area contributed by atoms with E-state index in [-0.39, 0.29) is 11.2 Å². The molecule has 2 aromatic rings. The first-order valence-corrected chi connectivity index (χ1v) is 10.7. The van der Waals surface area contributed by atoms with Gasteiger partial charge in [0.05, 0.1) is 5.25 Å². The molecule has 5 nitrogen and oxygen atoms in total. The minimum atomic E-state index is -0.156. The molecule has 0 radical (unpaired) electrons. The Morgan fingerprint density at radius 3 is 2.76 bits per heavy atom. The Morgan fingerprint density at radius 1 is 1.36 bits per heavy atom. The summed E-state index contributed by atoms with van der Waals surface area (Å²) in [6, 6.07) is 4.69. The zero-order valence-corrected chi connectivity index (χ0v) is 16.8. The summed E-state index contributed by atoms with van der Waals surface area (Å²) in [7, 11) is 3.60. The lowest BCUT2D eigenvalue weighted by atomic mass is 9.95. The van der Waals surface area contributed by atoms with E-state index in [1.54, 1.807) is 30.3 Å². The zero-order chi connectivity index (χ0) is 17.8. The van der Waals surface area contributed by atoms with Crippen molar-refractivity contribution in [1.82, 2.24) is 19.7 Å². The monoisotopic (exact) mass is 378 g/mol. The maximum absolute atomic E-state index is 12.2. The maximum Gasteiger partial charge on any atom is 0.235 e. The van der Waals surface area contributed by atoms with E-state index in [4.69, 9.17) is 0 Å². The van der Waals surface area contributed by atoms with Gasteiger partial charge in [-0.3, -0.25) is 4.79 Å². The van der Waals surface area contributed by atoms with E-state index in [0.717, 1.165) is 17.4 Å². The first-order valence-electron chi connectivity index (χ1n) is 8.90. The highest BCUT2D eigenvalue weighted by Crippen LogP contribution is 2.34. The van der Waals surface area contributed by atoms with Gasteiger partial charge in [-0.05, 0) is 31.2 Å². The average molecular weight is 379 g/mol. The zero-order valence-electron chi connectivity index (χ0n) is 15.1. The first kappa shape index (κ1) is 18.5. The van der Waals surface area contributed by atoms with Gasteiger partial charge in [-0.2, -0.15) is 0 Å². The number of aromatic nitrogens is 3. The smallest absolute Gasteiger partial charge is 0.235 e. The number of thioether (sulfide) groups is 1. The summed E-state index contributed by atoms with van der Waals surface area (Å²) >= 11 is 3.29. The third kappa shape index (κ3) is 4.44. The predicted octanol–water partition coefficient (Wildman–Crippen LogP) is 4.00. The fourth-order valence-corrected chi connectivity index (χ4v) is 5.14. The highest BCUT2D eigenvalue weighted by atomic mass is 32.2. The van der Waals surface area contributed by atoms with Crippen LogP contribution in [-0.4, -0.2) is 44.9 Å². The standard InChI is InChI=1S/C18H26N4OS2/c1-13(17(23)21(2)3)25-18-20-19-16(12-15-10-7-11-24-15)22(18)14-8-5-4-6-9-14/h7,10-11,13-14H,4-6,8-9,12H2,1-3H3. The SMILES string of the molecule is CC(Sc1nnc(Cc2cccs2)n1C1CCCCC1)C(=O)N(C)C. The lowest BCUT2D eigenvalue weighted by Gasteiger charge is -2.26. The topological polar surface area (TPSA) is 51.0 Å². The number of carbonyl (C=O) groups is 1.